The second kappa shape index (κ2) is 9.73. The van der Waals surface area contributed by atoms with Crippen molar-refractivity contribution < 1.29 is 5.11 Å². The van der Waals surface area contributed by atoms with Crippen molar-refractivity contribution in [1.82, 2.24) is 9.80 Å². The minimum Gasteiger partial charge on any atom is -0.392 e. The van der Waals surface area contributed by atoms with Gasteiger partial charge in [0.05, 0.1) is 24.2 Å². The molecule has 0 aromatic carbocycles. The lowest BCUT2D eigenvalue weighted by molar-refractivity contribution is 0.0916. The van der Waals surface area contributed by atoms with Crippen molar-refractivity contribution in [3.63, 3.8) is 0 Å². The van der Waals surface area contributed by atoms with Crippen molar-refractivity contribution in [2.45, 2.75) is 38.7 Å². The summed E-state index contributed by atoms with van der Waals surface area (Å²) in [6.45, 7) is 6.49. The monoisotopic (exact) mass is 292 g/mol. The van der Waals surface area contributed by atoms with Gasteiger partial charge in [-0.3, -0.25) is 0 Å². The highest BCUT2D eigenvalue weighted by molar-refractivity contribution is 4.88. The third-order valence-corrected chi connectivity index (χ3v) is 4.12. The molecule has 21 heavy (non-hydrogen) atoms. The summed E-state index contributed by atoms with van der Waals surface area (Å²) in [5, 5.41) is 27.1. The molecule has 0 aromatic rings. The smallest absolute Gasteiger partial charge is 0.0669 e. The number of aliphatic hydroxyl groups is 1. The molecule has 1 aliphatic heterocycles. The van der Waals surface area contributed by atoms with Gasteiger partial charge in [0, 0.05) is 26.1 Å². The molecule has 1 saturated heterocycles. The summed E-state index contributed by atoms with van der Waals surface area (Å²) in [7, 11) is 2.07. The Kier molecular flexibility index (Phi) is 8.30. The second-order valence-corrected chi connectivity index (χ2v) is 6.34. The zero-order valence-corrected chi connectivity index (χ0v) is 13.3. The number of nitriles is 2. The fourth-order valence-corrected chi connectivity index (χ4v) is 3.05. The summed E-state index contributed by atoms with van der Waals surface area (Å²) in [5.41, 5.74) is 0. The molecule has 2 atom stereocenters. The molecule has 5 heteroatoms. The lowest BCUT2D eigenvalue weighted by atomic mass is 9.95. The summed E-state index contributed by atoms with van der Waals surface area (Å²) < 4.78 is 0. The Bertz CT molecular complexity index is 363. The van der Waals surface area contributed by atoms with Crippen LogP contribution in [0.3, 0.4) is 0 Å². The van der Waals surface area contributed by atoms with Crippen molar-refractivity contribution >= 4 is 0 Å². The number of rotatable bonds is 8. The molecule has 0 radical (unpaired) electrons. The van der Waals surface area contributed by atoms with Crippen LogP contribution < -0.4 is 0 Å². The van der Waals surface area contributed by atoms with E-state index in [2.05, 4.69) is 29.0 Å². The molecule has 0 bridgehead atoms. The second-order valence-electron chi connectivity index (χ2n) is 6.34. The Balaban J connectivity index is 2.25. The van der Waals surface area contributed by atoms with Crippen LogP contribution >= 0.6 is 0 Å². The summed E-state index contributed by atoms with van der Waals surface area (Å²) >= 11 is 0. The molecule has 0 aliphatic carbocycles. The van der Waals surface area contributed by atoms with Crippen LogP contribution in [0, 0.1) is 34.5 Å². The number of aliphatic hydroxyl groups excluding tert-OH is 1. The lowest BCUT2D eigenvalue weighted by Crippen LogP contribution is -2.41. The van der Waals surface area contributed by atoms with Gasteiger partial charge in [-0.2, -0.15) is 10.5 Å². The van der Waals surface area contributed by atoms with E-state index in [1.165, 1.54) is 0 Å². The van der Waals surface area contributed by atoms with E-state index in [9.17, 15) is 5.11 Å². The highest BCUT2D eigenvalue weighted by Crippen LogP contribution is 2.19. The van der Waals surface area contributed by atoms with Gasteiger partial charge in [0.25, 0.3) is 0 Å². The van der Waals surface area contributed by atoms with Crippen LogP contribution in [0.4, 0.5) is 0 Å². The first kappa shape index (κ1) is 17.9. The van der Waals surface area contributed by atoms with Crippen molar-refractivity contribution in [3.8, 4) is 12.1 Å². The quantitative estimate of drug-likeness (QED) is 0.733. The number of nitrogens with zero attached hydrogens (tertiary/aromatic N) is 4. The Hall–Kier alpha value is -1.14. The van der Waals surface area contributed by atoms with Gasteiger partial charge in [-0.25, -0.2) is 0 Å². The van der Waals surface area contributed by atoms with E-state index in [4.69, 9.17) is 10.5 Å². The number of hydrogen-bond donors (Lipinski definition) is 1. The first-order valence-electron chi connectivity index (χ1n) is 7.90. The van der Waals surface area contributed by atoms with Gasteiger partial charge in [-0.05, 0) is 52.2 Å². The molecular weight excluding hydrogens is 264 g/mol. The third kappa shape index (κ3) is 7.43. The first-order chi connectivity index (χ1) is 10.0. The van der Waals surface area contributed by atoms with Crippen LogP contribution in [0.15, 0.2) is 0 Å². The van der Waals surface area contributed by atoms with Crippen LogP contribution in [0.1, 0.15) is 32.6 Å². The standard InChI is InChI=1S/C16H28N4O/c1-14(21)11-20-8-5-15(6-9-20)12-19(2)13-16(10-18)4-3-7-17/h14-16,21H,3-6,8-9,11-13H2,1-2H3. The van der Waals surface area contributed by atoms with Gasteiger partial charge >= 0.3 is 0 Å². The molecule has 5 nitrogen and oxygen atoms in total. The van der Waals surface area contributed by atoms with Gasteiger partial charge in [-0.15, -0.1) is 0 Å². The van der Waals surface area contributed by atoms with Crippen LogP contribution in [-0.2, 0) is 0 Å². The fourth-order valence-electron chi connectivity index (χ4n) is 3.05. The van der Waals surface area contributed by atoms with Crippen molar-refractivity contribution in [1.29, 1.82) is 10.5 Å². The Morgan fingerprint density at radius 2 is 2.00 bits per heavy atom. The molecule has 2 unspecified atom stereocenters. The average Bonchev–Trinajstić information content (AvgIpc) is 2.45. The maximum Gasteiger partial charge on any atom is 0.0669 e. The minimum atomic E-state index is -0.249. The van der Waals surface area contributed by atoms with Gasteiger partial charge in [0.1, 0.15) is 0 Å². The summed E-state index contributed by atoms with van der Waals surface area (Å²) in [5.74, 6) is 0.639. The van der Waals surface area contributed by atoms with E-state index in [-0.39, 0.29) is 12.0 Å². The minimum absolute atomic E-state index is 0.0371. The van der Waals surface area contributed by atoms with Gasteiger partial charge in [0.2, 0.25) is 0 Å². The molecule has 118 valence electrons. The van der Waals surface area contributed by atoms with Gasteiger partial charge in [-0.1, -0.05) is 0 Å². The zero-order chi connectivity index (χ0) is 15.7. The first-order valence-corrected chi connectivity index (χ1v) is 7.90. The molecule has 1 rings (SSSR count). The number of likely N-dealkylation sites (tertiary alicyclic amines) is 1. The number of piperidine rings is 1. The maximum absolute atomic E-state index is 9.41. The van der Waals surface area contributed by atoms with Crippen LogP contribution in [0.2, 0.25) is 0 Å². The summed E-state index contributed by atoms with van der Waals surface area (Å²) in [4.78, 5) is 4.56. The summed E-state index contributed by atoms with van der Waals surface area (Å²) in [6.07, 6.45) is 3.20. The predicted octanol–water partition coefficient (Wildman–Crippen LogP) is 1.45. The van der Waals surface area contributed by atoms with Crippen LogP contribution in [-0.4, -0.2) is 60.8 Å². The average molecular weight is 292 g/mol. The highest BCUT2D eigenvalue weighted by Gasteiger charge is 2.22. The van der Waals surface area contributed by atoms with E-state index >= 15 is 0 Å². The van der Waals surface area contributed by atoms with Gasteiger partial charge in [0.15, 0.2) is 0 Å². The molecule has 0 spiro atoms. The number of β-amino-alcohol motifs (C(OH)–C–C–N with tert-alkyl or cyclic N) is 1. The molecule has 1 N–H and O–H groups in total. The maximum atomic E-state index is 9.41. The van der Waals surface area contributed by atoms with E-state index in [0.29, 0.717) is 18.8 Å². The zero-order valence-electron chi connectivity index (χ0n) is 13.3. The predicted molar refractivity (Wildman–Crippen MR) is 82.3 cm³/mol. The van der Waals surface area contributed by atoms with Crippen molar-refractivity contribution in [2.24, 2.45) is 11.8 Å². The molecule has 0 saturated carbocycles. The van der Waals surface area contributed by atoms with E-state index < -0.39 is 0 Å². The molecule has 0 aromatic heterocycles. The lowest BCUT2D eigenvalue weighted by Gasteiger charge is -2.34. The Morgan fingerprint density at radius 3 is 2.52 bits per heavy atom. The highest BCUT2D eigenvalue weighted by atomic mass is 16.3. The molecular formula is C16H28N4O. The van der Waals surface area contributed by atoms with E-state index in [1.54, 1.807) is 0 Å². The topological polar surface area (TPSA) is 74.3 Å². The van der Waals surface area contributed by atoms with Crippen LogP contribution in [0.5, 0.6) is 0 Å². The molecule has 1 heterocycles. The molecule has 1 fully saturated rings. The van der Waals surface area contributed by atoms with E-state index in [0.717, 1.165) is 45.6 Å². The SMILES string of the molecule is CC(O)CN1CCC(CN(C)CC(C#N)CCC#N)CC1. The Labute approximate surface area is 128 Å². The largest absolute Gasteiger partial charge is 0.392 e. The summed E-state index contributed by atoms with van der Waals surface area (Å²) in [6, 6.07) is 4.42. The van der Waals surface area contributed by atoms with Gasteiger partial charge < -0.3 is 14.9 Å². The van der Waals surface area contributed by atoms with Crippen molar-refractivity contribution in [2.75, 3.05) is 39.8 Å². The van der Waals surface area contributed by atoms with Crippen molar-refractivity contribution in [3.05, 3.63) is 0 Å². The molecule has 1 aliphatic rings. The fraction of sp³-hybridized carbons (Fsp3) is 0.875. The third-order valence-electron chi connectivity index (χ3n) is 4.12. The number of hydrogen-bond acceptors (Lipinski definition) is 5. The Morgan fingerprint density at radius 1 is 1.33 bits per heavy atom. The van der Waals surface area contributed by atoms with Crippen LogP contribution in [0.25, 0.3) is 0 Å². The van der Waals surface area contributed by atoms with E-state index in [1.807, 2.05) is 6.92 Å². The molecule has 0 amide bonds. The normalized spacial score (nSPS) is 19.9.